The standard InChI is InChI=1S/C12H20ClN3O3S/c1-15-7-11(14-12(15)13)20(18,19)16(2)10-5-3-9(8-17)4-6-10/h7,9-10,17H,3-6,8H2,1-2H3. The van der Waals surface area contributed by atoms with Crippen molar-refractivity contribution in [2.75, 3.05) is 13.7 Å². The molecule has 8 heteroatoms. The summed E-state index contributed by atoms with van der Waals surface area (Å²) < 4.78 is 27.8. The summed E-state index contributed by atoms with van der Waals surface area (Å²) in [4.78, 5) is 3.89. The van der Waals surface area contributed by atoms with Crippen LogP contribution in [0.2, 0.25) is 5.28 Å². The molecule has 1 aromatic heterocycles. The summed E-state index contributed by atoms with van der Waals surface area (Å²) in [6.07, 6.45) is 4.66. The predicted octanol–water partition coefficient (Wildman–Crippen LogP) is 1.25. The van der Waals surface area contributed by atoms with Crippen LogP contribution in [0.1, 0.15) is 25.7 Å². The van der Waals surface area contributed by atoms with Crippen molar-refractivity contribution in [2.45, 2.75) is 36.8 Å². The molecule has 0 spiro atoms. The Kier molecular flexibility index (Phi) is 4.73. The number of hydrogen-bond donors (Lipinski definition) is 1. The molecule has 1 heterocycles. The second-order valence-electron chi connectivity index (χ2n) is 5.34. The van der Waals surface area contributed by atoms with Crippen LogP contribution in [0, 0.1) is 5.92 Å². The first-order valence-corrected chi connectivity index (χ1v) is 8.45. The van der Waals surface area contributed by atoms with Crippen LogP contribution in [0.4, 0.5) is 0 Å². The highest BCUT2D eigenvalue weighted by molar-refractivity contribution is 7.89. The smallest absolute Gasteiger partial charge is 0.262 e. The minimum Gasteiger partial charge on any atom is -0.396 e. The molecule has 0 radical (unpaired) electrons. The summed E-state index contributed by atoms with van der Waals surface area (Å²) in [6, 6.07) is -0.0384. The lowest BCUT2D eigenvalue weighted by molar-refractivity contribution is 0.159. The van der Waals surface area contributed by atoms with Crippen molar-refractivity contribution in [3.8, 4) is 0 Å². The molecule has 0 atom stereocenters. The molecule has 0 aromatic carbocycles. The molecule has 1 saturated carbocycles. The van der Waals surface area contributed by atoms with Crippen LogP contribution in [0.5, 0.6) is 0 Å². The summed E-state index contributed by atoms with van der Waals surface area (Å²) in [5.74, 6) is 0.298. The molecule has 6 nitrogen and oxygen atoms in total. The van der Waals surface area contributed by atoms with Gasteiger partial charge in [-0.1, -0.05) is 0 Å². The average molecular weight is 322 g/mol. The van der Waals surface area contributed by atoms with Crippen LogP contribution in [0.15, 0.2) is 11.2 Å². The van der Waals surface area contributed by atoms with Gasteiger partial charge in [0.25, 0.3) is 10.0 Å². The van der Waals surface area contributed by atoms with E-state index in [2.05, 4.69) is 4.98 Å². The summed E-state index contributed by atoms with van der Waals surface area (Å²) in [7, 11) is -0.371. The molecule has 1 aliphatic rings. The molecular formula is C12H20ClN3O3S. The first-order valence-electron chi connectivity index (χ1n) is 6.64. The van der Waals surface area contributed by atoms with Gasteiger partial charge in [-0.15, -0.1) is 0 Å². The quantitative estimate of drug-likeness (QED) is 0.905. The van der Waals surface area contributed by atoms with Gasteiger partial charge in [-0.3, -0.25) is 0 Å². The fourth-order valence-electron chi connectivity index (χ4n) is 2.58. The van der Waals surface area contributed by atoms with Crippen LogP contribution in [0.25, 0.3) is 0 Å². The van der Waals surface area contributed by atoms with Gasteiger partial charge in [-0.25, -0.2) is 13.4 Å². The van der Waals surface area contributed by atoms with E-state index in [0.717, 1.165) is 25.7 Å². The highest BCUT2D eigenvalue weighted by atomic mass is 35.5. The number of halogens is 1. The highest BCUT2D eigenvalue weighted by Crippen LogP contribution is 2.29. The molecule has 0 unspecified atom stereocenters. The maximum Gasteiger partial charge on any atom is 0.262 e. The van der Waals surface area contributed by atoms with Crippen molar-refractivity contribution in [2.24, 2.45) is 13.0 Å². The van der Waals surface area contributed by atoms with Crippen LogP contribution >= 0.6 is 11.6 Å². The van der Waals surface area contributed by atoms with E-state index in [1.54, 1.807) is 14.1 Å². The Morgan fingerprint density at radius 2 is 2.05 bits per heavy atom. The zero-order chi connectivity index (χ0) is 14.9. The van der Waals surface area contributed by atoms with E-state index in [9.17, 15) is 8.42 Å². The fourth-order valence-corrected chi connectivity index (χ4v) is 4.16. The van der Waals surface area contributed by atoms with E-state index in [1.807, 2.05) is 0 Å². The van der Waals surface area contributed by atoms with Gasteiger partial charge in [0.05, 0.1) is 0 Å². The molecule has 114 valence electrons. The molecule has 2 rings (SSSR count). The lowest BCUT2D eigenvalue weighted by atomic mass is 9.87. The van der Waals surface area contributed by atoms with Gasteiger partial charge in [0, 0.05) is 32.9 Å². The van der Waals surface area contributed by atoms with Crippen LogP contribution < -0.4 is 0 Å². The first-order chi connectivity index (χ1) is 9.36. The normalized spacial score (nSPS) is 24.2. The molecule has 1 aliphatic carbocycles. The molecule has 1 aromatic rings. The van der Waals surface area contributed by atoms with Crippen molar-refractivity contribution in [1.82, 2.24) is 13.9 Å². The Morgan fingerprint density at radius 3 is 2.50 bits per heavy atom. The molecular weight excluding hydrogens is 302 g/mol. The van der Waals surface area contributed by atoms with Gasteiger partial charge in [0.15, 0.2) is 5.03 Å². The van der Waals surface area contributed by atoms with Gasteiger partial charge < -0.3 is 9.67 Å². The number of aliphatic hydroxyl groups is 1. The third kappa shape index (κ3) is 3.00. The van der Waals surface area contributed by atoms with E-state index >= 15 is 0 Å². The number of rotatable bonds is 4. The summed E-state index contributed by atoms with van der Waals surface area (Å²) in [6.45, 7) is 0.180. The lowest BCUT2D eigenvalue weighted by Gasteiger charge is -2.32. The summed E-state index contributed by atoms with van der Waals surface area (Å²) >= 11 is 5.80. The van der Waals surface area contributed by atoms with Crippen molar-refractivity contribution in [3.05, 3.63) is 11.5 Å². The number of aliphatic hydroxyl groups excluding tert-OH is 1. The van der Waals surface area contributed by atoms with Crippen molar-refractivity contribution in [1.29, 1.82) is 0 Å². The number of aryl methyl sites for hydroxylation is 1. The average Bonchev–Trinajstić information content (AvgIpc) is 2.78. The Hall–Kier alpha value is -0.630. The third-order valence-corrected chi connectivity index (χ3v) is 6.16. The van der Waals surface area contributed by atoms with E-state index in [0.29, 0.717) is 5.92 Å². The van der Waals surface area contributed by atoms with Gasteiger partial charge in [0.2, 0.25) is 5.28 Å². The molecule has 0 amide bonds. The molecule has 20 heavy (non-hydrogen) atoms. The fraction of sp³-hybridized carbons (Fsp3) is 0.750. The number of hydrogen-bond acceptors (Lipinski definition) is 4. The number of imidazole rings is 1. The van der Waals surface area contributed by atoms with Crippen molar-refractivity contribution < 1.29 is 13.5 Å². The number of aromatic nitrogens is 2. The van der Waals surface area contributed by atoms with Gasteiger partial charge in [-0.2, -0.15) is 4.31 Å². The van der Waals surface area contributed by atoms with E-state index < -0.39 is 10.0 Å². The number of nitrogens with zero attached hydrogens (tertiary/aromatic N) is 3. The zero-order valence-electron chi connectivity index (χ0n) is 11.7. The van der Waals surface area contributed by atoms with E-state index in [4.69, 9.17) is 16.7 Å². The molecule has 0 aliphatic heterocycles. The summed E-state index contributed by atoms with van der Waals surface area (Å²) in [5.41, 5.74) is 0. The maximum atomic E-state index is 12.5. The third-order valence-electron chi connectivity index (χ3n) is 4.03. The first kappa shape index (κ1) is 15.8. The van der Waals surface area contributed by atoms with Crippen molar-refractivity contribution >= 4 is 21.6 Å². The van der Waals surface area contributed by atoms with Gasteiger partial charge in [-0.05, 0) is 43.2 Å². The Labute approximate surface area is 124 Å². The Morgan fingerprint density at radius 1 is 1.45 bits per heavy atom. The van der Waals surface area contributed by atoms with Crippen LogP contribution in [0.3, 0.4) is 0 Å². The Balaban J connectivity index is 2.13. The Bertz CT molecular complexity index is 545. The topological polar surface area (TPSA) is 75.4 Å². The minimum absolute atomic E-state index is 0.0169. The number of sulfonamides is 1. The largest absolute Gasteiger partial charge is 0.396 e. The van der Waals surface area contributed by atoms with E-state index in [1.165, 1.54) is 15.1 Å². The minimum atomic E-state index is -3.61. The summed E-state index contributed by atoms with van der Waals surface area (Å²) in [5, 5.41) is 9.26. The van der Waals surface area contributed by atoms with Gasteiger partial charge >= 0.3 is 0 Å². The SMILES string of the molecule is CN(C1CCC(CO)CC1)S(=O)(=O)c1cn(C)c(Cl)n1. The van der Waals surface area contributed by atoms with Gasteiger partial charge in [0.1, 0.15) is 0 Å². The van der Waals surface area contributed by atoms with Crippen LogP contribution in [-0.4, -0.2) is 47.1 Å². The van der Waals surface area contributed by atoms with Crippen molar-refractivity contribution in [3.63, 3.8) is 0 Å². The molecule has 1 fully saturated rings. The maximum absolute atomic E-state index is 12.5. The monoisotopic (exact) mass is 321 g/mol. The molecule has 0 saturated heterocycles. The second kappa shape index (κ2) is 6.01. The second-order valence-corrected chi connectivity index (χ2v) is 7.62. The predicted molar refractivity (Wildman–Crippen MR) is 76.0 cm³/mol. The zero-order valence-corrected chi connectivity index (χ0v) is 13.2. The van der Waals surface area contributed by atoms with Crippen LogP contribution in [-0.2, 0) is 17.1 Å². The lowest BCUT2D eigenvalue weighted by Crippen LogP contribution is -2.39. The highest BCUT2D eigenvalue weighted by Gasteiger charge is 2.32. The van der Waals surface area contributed by atoms with E-state index in [-0.39, 0.29) is 23.0 Å². The molecule has 1 N–H and O–H groups in total. The molecule has 0 bridgehead atoms.